The summed E-state index contributed by atoms with van der Waals surface area (Å²) in [7, 11) is -7.75. The lowest BCUT2D eigenvalue weighted by Crippen LogP contribution is -2.60. The number of piperazine rings is 1. The maximum Gasteiger partial charge on any atom is 0.263 e. The Kier molecular flexibility index (Phi) is 6.90. The molecule has 0 aliphatic carbocycles. The van der Waals surface area contributed by atoms with E-state index in [1.165, 1.54) is 11.5 Å². The third-order valence-corrected chi connectivity index (χ3v) is 10.4. The molecule has 1 aliphatic rings. The molecule has 2 aromatic carbocycles. The minimum atomic E-state index is -4.12. The number of nitrogens with one attached hydrogen (secondary N) is 1. The highest BCUT2D eigenvalue weighted by Gasteiger charge is 2.42. The number of hydrogen-bond donors (Lipinski definition) is 2. The summed E-state index contributed by atoms with van der Waals surface area (Å²) in [5.74, 6) is -0.995. The molecule has 1 amide bonds. The topological polar surface area (TPSA) is 124 Å². The Morgan fingerprint density at radius 1 is 0.912 bits per heavy atom. The van der Waals surface area contributed by atoms with Crippen LogP contribution in [-0.4, -0.2) is 68.5 Å². The first kappa shape index (κ1) is 24.5. The monoisotopic (exact) mass is 521 g/mol. The maximum absolute atomic E-state index is 13.4. The summed E-state index contributed by atoms with van der Waals surface area (Å²) < 4.78 is 52.5. The van der Waals surface area contributed by atoms with Crippen LogP contribution in [0.2, 0.25) is 0 Å². The fourth-order valence-electron chi connectivity index (χ4n) is 3.81. The van der Waals surface area contributed by atoms with Gasteiger partial charge in [-0.05, 0) is 28.8 Å². The van der Waals surface area contributed by atoms with E-state index in [4.69, 9.17) is 5.21 Å². The molecule has 12 heteroatoms. The van der Waals surface area contributed by atoms with Crippen LogP contribution in [0, 0.1) is 0 Å². The van der Waals surface area contributed by atoms with Crippen molar-refractivity contribution in [2.24, 2.45) is 0 Å². The molecule has 0 unspecified atom stereocenters. The van der Waals surface area contributed by atoms with Crippen molar-refractivity contribution in [3.05, 3.63) is 66.7 Å². The molecule has 9 nitrogen and oxygen atoms in total. The van der Waals surface area contributed by atoms with Crippen LogP contribution >= 0.6 is 11.3 Å². The van der Waals surface area contributed by atoms with Gasteiger partial charge in [-0.3, -0.25) is 10.0 Å². The van der Waals surface area contributed by atoms with Crippen LogP contribution in [-0.2, 0) is 24.8 Å². The van der Waals surface area contributed by atoms with Crippen molar-refractivity contribution in [2.75, 3.05) is 25.9 Å². The molecule has 34 heavy (non-hydrogen) atoms. The molecule has 1 fully saturated rings. The van der Waals surface area contributed by atoms with E-state index in [0.717, 1.165) is 47.8 Å². The van der Waals surface area contributed by atoms with Crippen LogP contribution in [0.25, 0.3) is 21.6 Å². The molecular weight excluding hydrogens is 498 g/mol. The Hall–Kier alpha value is -2.61. The zero-order valence-corrected chi connectivity index (χ0v) is 20.6. The highest BCUT2D eigenvalue weighted by atomic mass is 32.2. The molecule has 2 heterocycles. The molecule has 0 saturated carbocycles. The normalized spacial score (nSPS) is 18.0. The first-order valence-corrected chi connectivity index (χ1v) is 14.4. The Morgan fingerprint density at radius 3 is 2.15 bits per heavy atom. The van der Waals surface area contributed by atoms with Gasteiger partial charge in [0.05, 0.1) is 6.26 Å². The number of carbonyl (C=O) groups excluding carboxylic acids is 1. The Labute approximate surface area is 202 Å². The lowest BCUT2D eigenvalue weighted by molar-refractivity contribution is -0.134. The minimum absolute atomic E-state index is 0.0261. The number of hydroxylamine groups is 1. The molecule has 2 N–H and O–H groups in total. The van der Waals surface area contributed by atoms with Crippen LogP contribution in [0.4, 0.5) is 0 Å². The van der Waals surface area contributed by atoms with Gasteiger partial charge in [-0.15, -0.1) is 11.3 Å². The van der Waals surface area contributed by atoms with Gasteiger partial charge in [0, 0.05) is 24.5 Å². The van der Waals surface area contributed by atoms with Gasteiger partial charge in [0.2, 0.25) is 10.0 Å². The number of benzene rings is 2. The Balaban J connectivity index is 1.60. The van der Waals surface area contributed by atoms with E-state index in [9.17, 15) is 21.6 Å². The molecule has 180 valence electrons. The van der Waals surface area contributed by atoms with Crippen molar-refractivity contribution in [3.63, 3.8) is 0 Å². The van der Waals surface area contributed by atoms with Gasteiger partial charge in [0.15, 0.2) is 0 Å². The van der Waals surface area contributed by atoms with Gasteiger partial charge in [-0.2, -0.15) is 8.61 Å². The smallest absolute Gasteiger partial charge is 0.263 e. The van der Waals surface area contributed by atoms with E-state index in [1.54, 1.807) is 6.07 Å². The van der Waals surface area contributed by atoms with Crippen molar-refractivity contribution in [1.29, 1.82) is 0 Å². The molecule has 3 aromatic rings. The van der Waals surface area contributed by atoms with Gasteiger partial charge in [0.1, 0.15) is 10.3 Å². The van der Waals surface area contributed by atoms with Crippen LogP contribution in [0.5, 0.6) is 0 Å². The summed E-state index contributed by atoms with van der Waals surface area (Å²) >= 11 is 1.06. The van der Waals surface area contributed by atoms with Crippen LogP contribution in [0.15, 0.2) is 70.9 Å². The van der Waals surface area contributed by atoms with E-state index in [-0.39, 0.29) is 23.8 Å². The number of hydrogen-bond acceptors (Lipinski definition) is 7. The average molecular weight is 522 g/mol. The summed E-state index contributed by atoms with van der Waals surface area (Å²) in [5, 5.41) is 9.10. The number of sulfonamides is 2. The molecule has 0 bridgehead atoms. The lowest BCUT2D eigenvalue weighted by Gasteiger charge is -2.37. The molecule has 1 aromatic heterocycles. The van der Waals surface area contributed by atoms with Crippen LogP contribution in [0.3, 0.4) is 0 Å². The van der Waals surface area contributed by atoms with Crippen molar-refractivity contribution in [3.8, 4) is 21.6 Å². The second kappa shape index (κ2) is 9.56. The van der Waals surface area contributed by atoms with Gasteiger partial charge in [0.25, 0.3) is 15.9 Å². The highest BCUT2D eigenvalue weighted by Crippen LogP contribution is 2.34. The zero-order valence-electron chi connectivity index (χ0n) is 18.2. The van der Waals surface area contributed by atoms with Crippen molar-refractivity contribution < 1.29 is 26.8 Å². The Bertz CT molecular complexity index is 1390. The Morgan fingerprint density at radius 2 is 1.53 bits per heavy atom. The van der Waals surface area contributed by atoms with Gasteiger partial charge < -0.3 is 0 Å². The van der Waals surface area contributed by atoms with Crippen LogP contribution < -0.4 is 5.48 Å². The number of thiophene rings is 1. The second-order valence-corrected chi connectivity index (χ2v) is 13.0. The second-order valence-electron chi connectivity index (χ2n) is 7.79. The number of carbonyl (C=O) groups is 1. The quantitative estimate of drug-likeness (QED) is 0.379. The molecular formula is C22H23N3O6S3. The summed E-state index contributed by atoms with van der Waals surface area (Å²) in [6.45, 7) is -0.692. The van der Waals surface area contributed by atoms with Gasteiger partial charge >= 0.3 is 0 Å². The average Bonchev–Trinajstić information content (AvgIpc) is 3.34. The standard InChI is InChI=1S/C22H23N3O6S3/c1-33(28,29)24-13-14-25(19(15-24)22(26)23-27)34(30,31)21-12-11-20(32-21)18-9-7-17(8-10-18)16-5-3-2-4-6-16/h2-12,19,27H,13-15H2,1H3,(H,23,26)/t19-/m1/s1. The SMILES string of the molecule is CS(=O)(=O)N1CCN(S(=O)(=O)c2ccc(-c3ccc(-c4ccccc4)cc3)s2)[C@@H](C(=O)NO)C1. The molecule has 4 rings (SSSR count). The number of rotatable bonds is 6. The zero-order chi connectivity index (χ0) is 24.5. The first-order chi connectivity index (χ1) is 16.1. The van der Waals surface area contributed by atoms with E-state index >= 15 is 0 Å². The first-order valence-electron chi connectivity index (χ1n) is 10.3. The number of nitrogens with zero attached hydrogens (tertiary/aromatic N) is 2. The predicted molar refractivity (Wildman–Crippen MR) is 129 cm³/mol. The predicted octanol–water partition coefficient (Wildman–Crippen LogP) is 2.22. The highest BCUT2D eigenvalue weighted by molar-refractivity contribution is 7.91. The summed E-state index contributed by atoms with van der Waals surface area (Å²) in [4.78, 5) is 13.0. The summed E-state index contributed by atoms with van der Waals surface area (Å²) in [6.07, 6.45) is 0.986. The van der Waals surface area contributed by atoms with E-state index in [1.807, 2.05) is 54.6 Å². The van der Waals surface area contributed by atoms with E-state index in [2.05, 4.69) is 0 Å². The summed E-state index contributed by atoms with van der Waals surface area (Å²) in [6, 6.07) is 19.4. The van der Waals surface area contributed by atoms with E-state index < -0.39 is 32.0 Å². The third-order valence-electron chi connectivity index (χ3n) is 5.60. The third kappa shape index (κ3) is 4.92. The molecule has 1 atom stereocenters. The van der Waals surface area contributed by atoms with Crippen molar-refractivity contribution in [1.82, 2.24) is 14.1 Å². The minimum Gasteiger partial charge on any atom is -0.289 e. The molecule has 1 saturated heterocycles. The van der Waals surface area contributed by atoms with Crippen LogP contribution in [0.1, 0.15) is 0 Å². The largest absolute Gasteiger partial charge is 0.289 e. The van der Waals surface area contributed by atoms with Gasteiger partial charge in [-0.1, -0.05) is 54.6 Å². The van der Waals surface area contributed by atoms with Gasteiger partial charge in [-0.25, -0.2) is 22.3 Å². The fraction of sp³-hybridized carbons (Fsp3) is 0.227. The fourth-order valence-corrected chi connectivity index (χ4v) is 7.64. The lowest BCUT2D eigenvalue weighted by atomic mass is 10.0. The molecule has 0 radical (unpaired) electrons. The maximum atomic E-state index is 13.4. The molecule has 0 spiro atoms. The van der Waals surface area contributed by atoms with E-state index in [0.29, 0.717) is 0 Å². The molecule has 1 aliphatic heterocycles. The number of amides is 1. The summed E-state index contributed by atoms with van der Waals surface area (Å²) in [5.41, 5.74) is 4.40. The van der Waals surface area contributed by atoms with Crippen molar-refractivity contribution >= 4 is 37.3 Å². The van der Waals surface area contributed by atoms with Crippen molar-refractivity contribution in [2.45, 2.75) is 10.3 Å².